The van der Waals surface area contributed by atoms with Crippen molar-refractivity contribution in [2.24, 2.45) is 0 Å². The summed E-state index contributed by atoms with van der Waals surface area (Å²) < 4.78 is 47.9. The molecule has 2 aromatic rings. The molecule has 3 rings (SSSR count). The van der Waals surface area contributed by atoms with Gasteiger partial charge in [-0.25, -0.2) is 0 Å². The topological polar surface area (TPSA) is 85.4 Å². The third kappa shape index (κ3) is 7.37. The molecule has 0 unspecified atom stereocenters. The Morgan fingerprint density at radius 1 is 1.34 bits per heavy atom. The van der Waals surface area contributed by atoms with E-state index in [0.29, 0.717) is 16.0 Å². The molecule has 1 saturated heterocycles. The molecule has 2 heterocycles. The van der Waals surface area contributed by atoms with E-state index in [1.165, 1.54) is 41.3 Å². The number of hydrogen-bond acceptors (Lipinski definition) is 8. The molecule has 0 bridgehead atoms. The number of thioether (sulfide) groups is 1. The number of ether oxygens (including phenoxy) is 2. The van der Waals surface area contributed by atoms with E-state index in [9.17, 15) is 18.0 Å². The van der Waals surface area contributed by atoms with E-state index in [0.717, 1.165) is 19.4 Å². The SMILES string of the molecule is O=C(CSc1nnc(NC[C@@H]2CCCO2)s1)Nc1ccccc1OCC(F)(F)F. The summed E-state index contributed by atoms with van der Waals surface area (Å²) in [5.41, 5.74) is 0.179. The first-order valence-corrected chi connectivity index (χ1v) is 10.6. The van der Waals surface area contributed by atoms with Crippen LogP contribution in [0.5, 0.6) is 5.75 Å². The molecule has 158 valence electrons. The molecule has 1 atom stereocenters. The Morgan fingerprint density at radius 3 is 2.93 bits per heavy atom. The third-order valence-corrected chi connectivity index (χ3v) is 5.80. The van der Waals surface area contributed by atoms with Gasteiger partial charge in [-0.15, -0.1) is 10.2 Å². The van der Waals surface area contributed by atoms with E-state index < -0.39 is 12.8 Å². The molecule has 0 spiro atoms. The van der Waals surface area contributed by atoms with E-state index in [-0.39, 0.29) is 29.2 Å². The molecule has 7 nitrogen and oxygen atoms in total. The summed E-state index contributed by atoms with van der Waals surface area (Å²) in [6.07, 6.45) is -2.20. The largest absolute Gasteiger partial charge is 0.482 e. The highest BCUT2D eigenvalue weighted by molar-refractivity contribution is 8.01. The number of anilines is 2. The second-order valence-electron chi connectivity index (χ2n) is 6.13. The van der Waals surface area contributed by atoms with Crippen molar-refractivity contribution in [1.29, 1.82) is 0 Å². The molecule has 1 aliphatic heterocycles. The number of alkyl halides is 3. The highest BCUT2D eigenvalue weighted by Gasteiger charge is 2.29. The van der Waals surface area contributed by atoms with Gasteiger partial charge in [0.1, 0.15) is 5.75 Å². The summed E-state index contributed by atoms with van der Waals surface area (Å²) in [6, 6.07) is 5.97. The maximum Gasteiger partial charge on any atom is 0.422 e. The molecular formula is C17H19F3N4O3S2. The van der Waals surface area contributed by atoms with Crippen LogP contribution in [0, 0.1) is 0 Å². The lowest BCUT2D eigenvalue weighted by atomic mass is 10.2. The van der Waals surface area contributed by atoms with Crippen LogP contribution in [0.1, 0.15) is 12.8 Å². The molecule has 1 fully saturated rings. The Morgan fingerprint density at radius 2 is 2.17 bits per heavy atom. The summed E-state index contributed by atoms with van der Waals surface area (Å²) in [7, 11) is 0. The number of rotatable bonds is 9. The number of aromatic nitrogens is 2. The number of benzene rings is 1. The van der Waals surface area contributed by atoms with Crippen LogP contribution in [0.4, 0.5) is 24.0 Å². The first-order chi connectivity index (χ1) is 13.9. The fourth-order valence-corrected chi connectivity index (χ4v) is 4.07. The normalized spacial score (nSPS) is 16.6. The number of halogens is 3. The van der Waals surface area contributed by atoms with Gasteiger partial charge in [-0.3, -0.25) is 4.79 Å². The quantitative estimate of drug-likeness (QED) is 0.565. The van der Waals surface area contributed by atoms with Crippen LogP contribution in [-0.2, 0) is 9.53 Å². The van der Waals surface area contributed by atoms with Gasteiger partial charge in [0.25, 0.3) is 0 Å². The fraction of sp³-hybridized carbons (Fsp3) is 0.471. The highest BCUT2D eigenvalue weighted by Crippen LogP contribution is 2.28. The lowest BCUT2D eigenvalue weighted by Crippen LogP contribution is -2.20. The molecule has 1 amide bonds. The van der Waals surface area contributed by atoms with Crippen LogP contribution in [0.2, 0.25) is 0 Å². The van der Waals surface area contributed by atoms with E-state index in [2.05, 4.69) is 20.8 Å². The van der Waals surface area contributed by atoms with Crippen molar-refractivity contribution in [3.8, 4) is 5.75 Å². The summed E-state index contributed by atoms with van der Waals surface area (Å²) in [4.78, 5) is 12.2. The Balaban J connectivity index is 1.45. The standard InChI is InChI=1S/C17H19F3N4O3S2/c18-17(19,20)10-27-13-6-2-1-5-12(13)22-14(25)9-28-16-24-23-15(29-16)21-8-11-4-3-7-26-11/h1-2,5-6,11H,3-4,7-10H2,(H,21,23)(H,22,25)/t11-/m0/s1. The van der Waals surface area contributed by atoms with E-state index >= 15 is 0 Å². The van der Waals surface area contributed by atoms with Crippen molar-refractivity contribution in [3.05, 3.63) is 24.3 Å². The van der Waals surface area contributed by atoms with Gasteiger partial charge in [-0.1, -0.05) is 35.2 Å². The number of nitrogens with zero attached hydrogens (tertiary/aromatic N) is 2. The van der Waals surface area contributed by atoms with Gasteiger partial charge in [-0.2, -0.15) is 13.2 Å². The van der Waals surface area contributed by atoms with Gasteiger partial charge >= 0.3 is 6.18 Å². The first-order valence-electron chi connectivity index (χ1n) is 8.79. The van der Waals surface area contributed by atoms with Gasteiger partial charge < -0.3 is 20.1 Å². The number of para-hydroxylation sites is 2. The van der Waals surface area contributed by atoms with Crippen LogP contribution in [0.3, 0.4) is 0 Å². The molecule has 12 heteroatoms. The van der Waals surface area contributed by atoms with E-state index in [1.54, 1.807) is 6.07 Å². The fourth-order valence-electron chi connectivity index (χ4n) is 2.51. The first kappa shape index (κ1) is 21.7. The van der Waals surface area contributed by atoms with Crippen molar-refractivity contribution < 1.29 is 27.4 Å². The second kappa shape index (κ2) is 10.1. The van der Waals surface area contributed by atoms with Crippen molar-refractivity contribution >= 4 is 39.8 Å². The Hall–Kier alpha value is -2.05. The molecule has 1 aromatic heterocycles. The average Bonchev–Trinajstić information content (AvgIpc) is 3.35. The smallest absolute Gasteiger partial charge is 0.422 e. The zero-order chi connectivity index (χ0) is 20.7. The van der Waals surface area contributed by atoms with Gasteiger partial charge in [0.2, 0.25) is 11.0 Å². The van der Waals surface area contributed by atoms with Crippen LogP contribution in [0.15, 0.2) is 28.6 Å². The summed E-state index contributed by atoms with van der Waals surface area (Å²) in [6.45, 7) is 0.0125. The van der Waals surface area contributed by atoms with Gasteiger partial charge in [-0.05, 0) is 25.0 Å². The summed E-state index contributed by atoms with van der Waals surface area (Å²) in [5.74, 6) is -0.393. The molecule has 0 saturated carbocycles. The Kier molecular flexibility index (Phi) is 7.56. The van der Waals surface area contributed by atoms with Gasteiger partial charge in [0.05, 0.1) is 17.5 Å². The zero-order valence-electron chi connectivity index (χ0n) is 15.2. The Bertz CT molecular complexity index is 813. The van der Waals surface area contributed by atoms with E-state index in [1.807, 2.05) is 0 Å². The lowest BCUT2D eigenvalue weighted by molar-refractivity contribution is -0.153. The van der Waals surface area contributed by atoms with Crippen molar-refractivity contribution in [2.75, 3.05) is 36.1 Å². The van der Waals surface area contributed by atoms with Crippen LogP contribution < -0.4 is 15.4 Å². The lowest BCUT2D eigenvalue weighted by Gasteiger charge is -2.13. The predicted molar refractivity (Wildman–Crippen MR) is 105 cm³/mol. The minimum atomic E-state index is -4.46. The van der Waals surface area contributed by atoms with E-state index in [4.69, 9.17) is 9.47 Å². The third-order valence-electron chi connectivity index (χ3n) is 3.79. The second-order valence-corrected chi connectivity index (χ2v) is 8.33. The molecule has 2 N–H and O–H groups in total. The molecule has 1 aliphatic rings. The maximum atomic E-state index is 12.3. The van der Waals surface area contributed by atoms with Crippen molar-refractivity contribution in [3.63, 3.8) is 0 Å². The number of hydrogen-bond donors (Lipinski definition) is 2. The minimum absolute atomic E-state index is 0.0357. The zero-order valence-corrected chi connectivity index (χ0v) is 16.8. The van der Waals surface area contributed by atoms with Crippen LogP contribution in [-0.4, -0.2) is 53.9 Å². The number of carbonyl (C=O) groups excluding carboxylic acids is 1. The number of nitrogens with one attached hydrogen (secondary N) is 2. The summed E-state index contributed by atoms with van der Waals surface area (Å²) >= 11 is 2.51. The van der Waals surface area contributed by atoms with Crippen molar-refractivity contribution in [2.45, 2.75) is 29.5 Å². The minimum Gasteiger partial charge on any atom is -0.482 e. The molecule has 0 aliphatic carbocycles. The van der Waals surface area contributed by atoms with Crippen LogP contribution >= 0.6 is 23.1 Å². The van der Waals surface area contributed by atoms with Gasteiger partial charge in [0.15, 0.2) is 10.9 Å². The highest BCUT2D eigenvalue weighted by atomic mass is 32.2. The number of carbonyl (C=O) groups is 1. The van der Waals surface area contributed by atoms with Crippen molar-refractivity contribution in [1.82, 2.24) is 10.2 Å². The summed E-state index contributed by atoms with van der Waals surface area (Å²) in [5, 5.41) is 14.4. The van der Waals surface area contributed by atoms with Gasteiger partial charge in [0, 0.05) is 13.2 Å². The Labute approximate surface area is 173 Å². The average molecular weight is 448 g/mol. The molecular weight excluding hydrogens is 429 g/mol. The molecule has 0 radical (unpaired) electrons. The van der Waals surface area contributed by atoms with Crippen LogP contribution in [0.25, 0.3) is 0 Å². The molecule has 29 heavy (non-hydrogen) atoms. The maximum absolute atomic E-state index is 12.3. The number of amides is 1. The monoisotopic (exact) mass is 448 g/mol. The molecule has 1 aromatic carbocycles. The predicted octanol–water partition coefficient (Wildman–Crippen LogP) is 3.80.